The highest BCUT2D eigenvalue weighted by Crippen LogP contribution is 2.68. The Morgan fingerprint density at radius 1 is 0.722 bits per heavy atom. The van der Waals surface area contributed by atoms with Crippen LogP contribution in [0, 0.1) is 11.3 Å². The van der Waals surface area contributed by atoms with Crippen LogP contribution in [0.4, 0.5) is 0 Å². The number of allylic oxidation sites excluding steroid dienone is 2. The van der Waals surface area contributed by atoms with Crippen molar-refractivity contribution in [3.05, 3.63) is 11.6 Å². The highest BCUT2D eigenvalue weighted by atomic mass is 14.6. The second-order valence-corrected chi connectivity index (χ2v) is 6.98. The van der Waals surface area contributed by atoms with E-state index in [9.17, 15) is 0 Å². The molecule has 3 aliphatic rings. The molecule has 102 valence electrons. The van der Waals surface area contributed by atoms with Crippen molar-refractivity contribution in [3.8, 4) is 0 Å². The van der Waals surface area contributed by atoms with E-state index in [0.29, 0.717) is 0 Å². The molecular weight excluding hydrogens is 216 g/mol. The van der Waals surface area contributed by atoms with E-state index in [1.54, 1.807) is 0 Å². The van der Waals surface area contributed by atoms with Crippen LogP contribution in [-0.2, 0) is 0 Å². The summed E-state index contributed by atoms with van der Waals surface area (Å²) in [6.07, 6.45) is 23.6. The number of fused-ring (bicyclic) bond motifs is 1. The average molecular weight is 246 g/mol. The van der Waals surface area contributed by atoms with Crippen LogP contribution in [0.1, 0.15) is 89.9 Å². The molecule has 0 aliphatic heterocycles. The van der Waals surface area contributed by atoms with Crippen LogP contribution >= 0.6 is 0 Å². The van der Waals surface area contributed by atoms with Gasteiger partial charge in [0.15, 0.2) is 0 Å². The van der Waals surface area contributed by atoms with E-state index < -0.39 is 0 Å². The molecule has 0 heterocycles. The van der Waals surface area contributed by atoms with E-state index in [1.165, 1.54) is 89.9 Å². The van der Waals surface area contributed by atoms with Gasteiger partial charge in [0.25, 0.3) is 0 Å². The molecule has 0 nitrogen and oxygen atoms in total. The first kappa shape index (κ1) is 12.8. The summed E-state index contributed by atoms with van der Waals surface area (Å²) in [6, 6.07) is 0. The van der Waals surface area contributed by atoms with E-state index >= 15 is 0 Å². The van der Waals surface area contributed by atoms with Gasteiger partial charge >= 0.3 is 0 Å². The quantitative estimate of drug-likeness (QED) is 0.459. The Balaban J connectivity index is 1.60. The average Bonchev–Trinajstić information content (AvgIpc) is 3.03. The predicted molar refractivity (Wildman–Crippen MR) is 78.6 cm³/mol. The van der Waals surface area contributed by atoms with Crippen LogP contribution in [0.5, 0.6) is 0 Å². The molecule has 0 heteroatoms. The maximum atomic E-state index is 2.63. The maximum Gasteiger partial charge on any atom is -0.00193 e. The summed E-state index contributed by atoms with van der Waals surface area (Å²) in [7, 11) is 0. The molecule has 2 unspecified atom stereocenters. The number of rotatable bonds is 0. The summed E-state index contributed by atoms with van der Waals surface area (Å²) < 4.78 is 0. The molecule has 0 N–H and O–H groups in total. The summed E-state index contributed by atoms with van der Waals surface area (Å²) in [5.41, 5.74) is 2.65. The van der Waals surface area contributed by atoms with Gasteiger partial charge in [-0.05, 0) is 43.4 Å². The molecule has 0 radical (unpaired) electrons. The van der Waals surface area contributed by atoms with Gasteiger partial charge in [-0.25, -0.2) is 0 Å². The molecule has 18 heavy (non-hydrogen) atoms. The molecule has 0 aromatic rings. The van der Waals surface area contributed by atoms with Gasteiger partial charge in [-0.15, -0.1) is 0 Å². The molecule has 3 rings (SSSR count). The molecule has 0 saturated heterocycles. The van der Waals surface area contributed by atoms with E-state index in [4.69, 9.17) is 0 Å². The zero-order valence-electron chi connectivity index (χ0n) is 12.1. The SMILES string of the molecule is C1=C2C3CCCCCCCCCCCC23CCC1. The second kappa shape index (κ2) is 5.80. The summed E-state index contributed by atoms with van der Waals surface area (Å²) >= 11 is 0. The summed E-state index contributed by atoms with van der Waals surface area (Å²) in [4.78, 5) is 0. The summed E-state index contributed by atoms with van der Waals surface area (Å²) in [5.74, 6) is 1.03. The predicted octanol–water partition coefficient (Wildman–Crippen LogP) is 6.02. The van der Waals surface area contributed by atoms with Crippen molar-refractivity contribution in [1.29, 1.82) is 0 Å². The van der Waals surface area contributed by atoms with Gasteiger partial charge in [-0.3, -0.25) is 0 Å². The van der Waals surface area contributed by atoms with Crippen molar-refractivity contribution >= 4 is 0 Å². The van der Waals surface area contributed by atoms with E-state index in [0.717, 1.165) is 11.3 Å². The van der Waals surface area contributed by atoms with Crippen molar-refractivity contribution in [2.75, 3.05) is 0 Å². The van der Waals surface area contributed by atoms with Gasteiger partial charge in [-0.1, -0.05) is 69.4 Å². The Kier molecular flexibility index (Phi) is 4.11. The Hall–Kier alpha value is -0.260. The van der Waals surface area contributed by atoms with Crippen molar-refractivity contribution in [2.45, 2.75) is 89.9 Å². The topological polar surface area (TPSA) is 0 Å². The lowest BCUT2D eigenvalue weighted by Crippen LogP contribution is -2.07. The summed E-state index contributed by atoms with van der Waals surface area (Å²) in [5, 5.41) is 0. The maximum absolute atomic E-state index is 2.63. The van der Waals surface area contributed by atoms with E-state index in [2.05, 4.69) is 6.08 Å². The minimum Gasteiger partial charge on any atom is -0.0844 e. The third-order valence-electron chi connectivity index (χ3n) is 5.84. The molecular formula is C18H30. The Bertz CT molecular complexity index is 301. The van der Waals surface area contributed by atoms with Crippen LogP contribution in [-0.4, -0.2) is 0 Å². The molecule has 2 atom stereocenters. The highest BCUT2D eigenvalue weighted by Gasteiger charge is 2.57. The Morgan fingerprint density at radius 3 is 2.11 bits per heavy atom. The van der Waals surface area contributed by atoms with Crippen molar-refractivity contribution < 1.29 is 0 Å². The van der Waals surface area contributed by atoms with Crippen molar-refractivity contribution in [3.63, 3.8) is 0 Å². The molecule has 0 aromatic carbocycles. The lowest BCUT2D eigenvalue weighted by molar-refractivity contribution is 0.351. The first-order chi connectivity index (χ1) is 8.93. The van der Waals surface area contributed by atoms with Gasteiger partial charge in [0, 0.05) is 0 Å². The normalized spacial score (nSPS) is 38.2. The fourth-order valence-electron chi connectivity index (χ4n) is 4.76. The Labute approximate surface area is 113 Å². The fourth-order valence-corrected chi connectivity index (χ4v) is 4.76. The van der Waals surface area contributed by atoms with Crippen LogP contribution in [0.3, 0.4) is 0 Å². The van der Waals surface area contributed by atoms with Crippen molar-refractivity contribution in [2.24, 2.45) is 11.3 Å². The van der Waals surface area contributed by atoms with Crippen LogP contribution < -0.4 is 0 Å². The number of hydrogen-bond donors (Lipinski definition) is 0. The first-order valence-electron chi connectivity index (χ1n) is 8.64. The minimum absolute atomic E-state index is 0.742. The first-order valence-corrected chi connectivity index (χ1v) is 8.64. The third-order valence-corrected chi connectivity index (χ3v) is 5.84. The van der Waals surface area contributed by atoms with Gasteiger partial charge in [-0.2, -0.15) is 0 Å². The van der Waals surface area contributed by atoms with Crippen LogP contribution in [0.25, 0.3) is 0 Å². The van der Waals surface area contributed by atoms with Crippen molar-refractivity contribution in [1.82, 2.24) is 0 Å². The van der Waals surface area contributed by atoms with Crippen LogP contribution in [0.15, 0.2) is 11.6 Å². The summed E-state index contributed by atoms with van der Waals surface area (Å²) in [6.45, 7) is 0. The monoisotopic (exact) mass is 246 g/mol. The number of hydrogen-bond acceptors (Lipinski definition) is 0. The van der Waals surface area contributed by atoms with Gasteiger partial charge < -0.3 is 0 Å². The molecule has 0 bridgehead atoms. The standard InChI is InChI=1S/C18H30/c1-2-4-6-8-12-16-17-13-9-11-15-18(16,17)14-10-7-5-3-1/h13,16H,1-12,14-15H2. The Morgan fingerprint density at radius 2 is 1.33 bits per heavy atom. The molecule has 2 saturated carbocycles. The molecule has 0 amide bonds. The fraction of sp³-hybridized carbons (Fsp3) is 0.889. The van der Waals surface area contributed by atoms with Gasteiger partial charge in [0.05, 0.1) is 0 Å². The second-order valence-electron chi connectivity index (χ2n) is 6.98. The molecule has 0 aromatic heterocycles. The molecule has 1 spiro atoms. The molecule has 2 fully saturated rings. The zero-order valence-corrected chi connectivity index (χ0v) is 12.1. The lowest BCUT2D eigenvalue weighted by Gasteiger charge is -2.18. The van der Waals surface area contributed by atoms with E-state index in [-0.39, 0.29) is 0 Å². The van der Waals surface area contributed by atoms with Gasteiger partial charge in [0.2, 0.25) is 0 Å². The highest BCUT2D eigenvalue weighted by molar-refractivity contribution is 5.39. The van der Waals surface area contributed by atoms with Gasteiger partial charge in [0.1, 0.15) is 0 Å². The largest absolute Gasteiger partial charge is 0.0844 e. The zero-order chi connectivity index (χ0) is 12.3. The van der Waals surface area contributed by atoms with Crippen LogP contribution in [0.2, 0.25) is 0 Å². The minimum atomic E-state index is 0.742. The lowest BCUT2D eigenvalue weighted by atomic mass is 9.86. The third kappa shape index (κ3) is 2.53. The smallest absolute Gasteiger partial charge is 0.00193 e. The molecule has 3 aliphatic carbocycles. The van der Waals surface area contributed by atoms with E-state index in [1.807, 2.05) is 5.57 Å².